The van der Waals surface area contributed by atoms with Crippen molar-refractivity contribution in [1.29, 1.82) is 0 Å². The summed E-state index contributed by atoms with van der Waals surface area (Å²) < 4.78 is 13.2. The molecule has 1 aromatic rings. The maximum atomic E-state index is 13.2. The van der Waals surface area contributed by atoms with E-state index in [0.29, 0.717) is 12.1 Å². The zero-order valence-corrected chi connectivity index (χ0v) is 11.0. The Balaban J connectivity index is 1.89. The molecule has 0 aromatic heterocycles. The second kappa shape index (κ2) is 4.88. The summed E-state index contributed by atoms with van der Waals surface area (Å²) in [5.74, 6) is -0.133. The molecule has 1 aliphatic heterocycles. The minimum Gasteiger partial charge on any atom is -0.365 e. The molecular weight excluding hydrogens is 227 g/mol. The van der Waals surface area contributed by atoms with Crippen molar-refractivity contribution < 1.29 is 4.39 Å². The van der Waals surface area contributed by atoms with E-state index in [9.17, 15) is 4.39 Å². The third-order valence-corrected chi connectivity index (χ3v) is 4.36. The number of benzene rings is 1. The zero-order valence-electron chi connectivity index (χ0n) is 11.0. The number of nitrogens with zero attached hydrogens (tertiary/aromatic N) is 1. The lowest BCUT2D eigenvalue weighted by atomic mass is 9.87. The molecule has 1 aliphatic carbocycles. The van der Waals surface area contributed by atoms with Crippen molar-refractivity contribution in [2.75, 3.05) is 18.0 Å². The lowest BCUT2D eigenvalue weighted by molar-refractivity contribution is 0.284. The van der Waals surface area contributed by atoms with Crippen LogP contribution in [0.5, 0.6) is 0 Å². The molecule has 3 rings (SSSR count). The number of anilines is 1. The third kappa shape index (κ3) is 2.12. The Hall–Kier alpha value is -1.09. The largest absolute Gasteiger partial charge is 0.365 e. The SMILES string of the molecule is Cc1cc(F)ccc1N1CCN[C@H]2CCCC[C@H]21. The van der Waals surface area contributed by atoms with Crippen LogP contribution in [0.1, 0.15) is 31.2 Å². The number of aryl methyl sites for hydroxylation is 1. The normalized spacial score (nSPS) is 28.0. The molecule has 2 aliphatic rings. The van der Waals surface area contributed by atoms with Crippen molar-refractivity contribution in [2.24, 2.45) is 0 Å². The number of fused-ring (bicyclic) bond motifs is 1. The Labute approximate surface area is 108 Å². The Kier molecular flexibility index (Phi) is 3.25. The maximum Gasteiger partial charge on any atom is 0.123 e. The lowest BCUT2D eigenvalue weighted by Gasteiger charge is -2.46. The molecule has 18 heavy (non-hydrogen) atoms. The van der Waals surface area contributed by atoms with Gasteiger partial charge >= 0.3 is 0 Å². The van der Waals surface area contributed by atoms with Gasteiger partial charge in [0.1, 0.15) is 5.82 Å². The van der Waals surface area contributed by atoms with E-state index in [1.165, 1.54) is 31.4 Å². The van der Waals surface area contributed by atoms with Gasteiger partial charge in [-0.3, -0.25) is 0 Å². The molecule has 1 aromatic carbocycles. The van der Waals surface area contributed by atoms with Gasteiger partial charge in [0, 0.05) is 30.9 Å². The Morgan fingerprint density at radius 3 is 2.94 bits per heavy atom. The highest BCUT2D eigenvalue weighted by molar-refractivity contribution is 5.55. The number of rotatable bonds is 1. The van der Waals surface area contributed by atoms with Gasteiger partial charge in [0.2, 0.25) is 0 Å². The summed E-state index contributed by atoms with van der Waals surface area (Å²) in [4.78, 5) is 2.50. The summed E-state index contributed by atoms with van der Waals surface area (Å²) >= 11 is 0. The standard InChI is InChI=1S/C15H21FN2/c1-11-10-12(16)6-7-14(11)18-9-8-17-13-4-2-3-5-15(13)18/h6-7,10,13,15,17H,2-5,8-9H2,1H3/t13-,15+/m0/s1. The van der Waals surface area contributed by atoms with Crippen LogP contribution >= 0.6 is 0 Å². The molecule has 0 spiro atoms. The highest BCUT2D eigenvalue weighted by Crippen LogP contribution is 2.31. The van der Waals surface area contributed by atoms with Crippen molar-refractivity contribution in [2.45, 2.75) is 44.7 Å². The molecular formula is C15H21FN2. The second-order valence-corrected chi connectivity index (χ2v) is 5.54. The molecule has 2 nitrogen and oxygen atoms in total. The van der Waals surface area contributed by atoms with Crippen LogP contribution < -0.4 is 10.2 Å². The first kappa shape index (κ1) is 12.0. The molecule has 2 fully saturated rings. The smallest absolute Gasteiger partial charge is 0.123 e. The zero-order chi connectivity index (χ0) is 12.5. The van der Waals surface area contributed by atoms with Crippen molar-refractivity contribution in [3.63, 3.8) is 0 Å². The molecule has 2 atom stereocenters. The Morgan fingerprint density at radius 2 is 2.11 bits per heavy atom. The molecule has 0 amide bonds. The van der Waals surface area contributed by atoms with Crippen molar-refractivity contribution in [3.05, 3.63) is 29.6 Å². The van der Waals surface area contributed by atoms with Gasteiger partial charge < -0.3 is 10.2 Å². The first-order chi connectivity index (χ1) is 8.75. The first-order valence-electron chi connectivity index (χ1n) is 7.02. The van der Waals surface area contributed by atoms with Gasteiger partial charge in [-0.15, -0.1) is 0 Å². The van der Waals surface area contributed by atoms with Gasteiger partial charge in [0.05, 0.1) is 0 Å². The molecule has 0 bridgehead atoms. The van der Waals surface area contributed by atoms with Crippen LogP contribution in [-0.2, 0) is 0 Å². The number of hydrogen-bond acceptors (Lipinski definition) is 2. The van der Waals surface area contributed by atoms with Crippen LogP contribution in [0.25, 0.3) is 0 Å². The molecule has 1 N–H and O–H groups in total. The fourth-order valence-electron chi connectivity index (χ4n) is 3.50. The van der Waals surface area contributed by atoms with Crippen LogP contribution in [0.3, 0.4) is 0 Å². The Morgan fingerprint density at radius 1 is 1.28 bits per heavy atom. The number of nitrogens with one attached hydrogen (secondary N) is 1. The van der Waals surface area contributed by atoms with Gasteiger partial charge in [0.15, 0.2) is 0 Å². The first-order valence-corrected chi connectivity index (χ1v) is 7.02. The molecule has 98 valence electrons. The van der Waals surface area contributed by atoms with E-state index >= 15 is 0 Å². The summed E-state index contributed by atoms with van der Waals surface area (Å²) in [6.45, 7) is 4.09. The number of hydrogen-bond donors (Lipinski definition) is 1. The lowest BCUT2D eigenvalue weighted by Crippen LogP contribution is -2.59. The van der Waals surface area contributed by atoms with Crippen molar-refractivity contribution in [3.8, 4) is 0 Å². The average molecular weight is 248 g/mol. The van der Waals surface area contributed by atoms with Crippen LogP contribution in [0.2, 0.25) is 0 Å². The predicted molar refractivity (Wildman–Crippen MR) is 72.5 cm³/mol. The maximum absolute atomic E-state index is 13.2. The summed E-state index contributed by atoms with van der Waals surface area (Å²) in [5.41, 5.74) is 2.27. The molecule has 3 heteroatoms. The summed E-state index contributed by atoms with van der Waals surface area (Å²) in [5, 5.41) is 3.64. The Bertz CT molecular complexity index is 431. The fourth-order valence-corrected chi connectivity index (χ4v) is 3.50. The number of halogens is 1. The van der Waals surface area contributed by atoms with Gasteiger partial charge in [-0.1, -0.05) is 12.8 Å². The van der Waals surface area contributed by atoms with Crippen LogP contribution in [0.15, 0.2) is 18.2 Å². The van der Waals surface area contributed by atoms with Gasteiger partial charge in [-0.2, -0.15) is 0 Å². The third-order valence-electron chi connectivity index (χ3n) is 4.36. The minimum atomic E-state index is -0.133. The van der Waals surface area contributed by atoms with Gasteiger partial charge in [-0.05, 0) is 43.5 Å². The molecule has 1 heterocycles. The summed E-state index contributed by atoms with van der Waals surface area (Å²) in [6.07, 6.45) is 5.19. The summed E-state index contributed by atoms with van der Waals surface area (Å²) in [6, 6.07) is 6.40. The molecule has 1 saturated carbocycles. The number of piperazine rings is 1. The van der Waals surface area contributed by atoms with Gasteiger partial charge in [0.25, 0.3) is 0 Å². The van der Waals surface area contributed by atoms with Crippen LogP contribution in [0, 0.1) is 12.7 Å². The van der Waals surface area contributed by atoms with E-state index in [0.717, 1.165) is 18.7 Å². The van der Waals surface area contributed by atoms with E-state index in [4.69, 9.17) is 0 Å². The quantitative estimate of drug-likeness (QED) is 0.822. The molecule has 0 radical (unpaired) electrons. The van der Waals surface area contributed by atoms with E-state index < -0.39 is 0 Å². The molecule has 0 unspecified atom stereocenters. The molecule has 1 saturated heterocycles. The fraction of sp³-hybridized carbons (Fsp3) is 0.600. The highest BCUT2D eigenvalue weighted by Gasteiger charge is 2.33. The van der Waals surface area contributed by atoms with Gasteiger partial charge in [-0.25, -0.2) is 4.39 Å². The minimum absolute atomic E-state index is 0.133. The highest BCUT2D eigenvalue weighted by atomic mass is 19.1. The van der Waals surface area contributed by atoms with Crippen LogP contribution in [-0.4, -0.2) is 25.2 Å². The predicted octanol–water partition coefficient (Wildman–Crippen LogP) is 2.85. The topological polar surface area (TPSA) is 15.3 Å². The van der Waals surface area contributed by atoms with E-state index in [2.05, 4.69) is 10.2 Å². The van der Waals surface area contributed by atoms with Crippen molar-refractivity contribution in [1.82, 2.24) is 5.32 Å². The second-order valence-electron chi connectivity index (χ2n) is 5.54. The van der Waals surface area contributed by atoms with E-state index in [1.807, 2.05) is 13.0 Å². The van der Waals surface area contributed by atoms with Crippen molar-refractivity contribution >= 4 is 5.69 Å². The van der Waals surface area contributed by atoms with Crippen LogP contribution in [0.4, 0.5) is 10.1 Å². The van der Waals surface area contributed by atoms with E-state index in [1.54, 1.807) is 12.1 Å². The monoisotopic (exact) mass is 248 g/mol. The van der Waals surface area contributed by atoms with E-state index in [-0.39, 0.29) is 5.82 Å². The average Bonchev–Trinajstić information content (AvgIpc) is 2.38. The summed E-state index contributed by atoms with van der Waals surface area (Å²) in [7, 11) is 0.